The van der Waals surface area contributed by atoms with Crippen molar-refractivity contribution in [1.82, 2.24) is 10.2 Å². The van der Waals surface area contributed by atoms with Crippen LogP contribution in [0.1, 0.15) is 32.3 Å². The first-order chi connectivity index (χ1) is 9.58. The predicted octanol–water partition coefficient (Wildman–Crippen LogP) is 3.69. The smallest absolute Gasteiger partial charge is 0.142 e. The van der Waals surface area contributed by atoms with Crippen LogP contribution in [-0.2, 0) is 6.54 Å². The van der Waals surface area contributed by atoms with Gasteiger partial charge in [-0.3, -0.25) is 4.90 Å². The molecule has 0 bridgehead atoms. The van der Waals surface area contributed by atoms with E-state index in [-0.39, 0.29) is 10.8 Å². The van der Waals surface area contributed by atoms with E-state index in [0.717, 1.165) is 37.7 Å². The Bertz CT molecular complexity index is 430. The van der Waals surface area contributed by atoms with E-state index in [9.17, 15) is 4.39 Å². The second kappa shape index (κ2) is 7.39. The fourth-order valence-corrected chi connectivity index (χ4v) is 2.93. The normalized spacial score (nSPS) is 17.1. The van der Waals surface area contributed by atoms with Crippen molar-refractivity contribution >= 4 is 11.6 Å². The Morgan fingerprint density at radius 3 is 2.70 bits per heavy atom. The van der Waals surface area contributed by atoms with Crippen LogP contribution in [0, 0.1) is 11.7 Å². The summed E-state index contributed by atoms with van der Waals surface area (Å²) >= 11 is 6.07. The van der Waals surface area contributed by atoms with Gasteiger partial charge in [-0.25, -0.2) is 4.39 Å². The number of hydrogen-bond acceptors (Lipinski definition) is 2. The van der Waals surface area contributed by atoms with Crippen molar-refractivity contribution in [3.8, 4) is 0 Å². The van der Waals surface area contributed by atoms with E-state index in [1.54, 1.807) is 6.07 Å². The van der Waals surface area contributed by atoms with Crippen LogP contribution in [0.15, 0.2) is 18.2 Å². The molecular formula is C16H24ClFN2. The van der Waals surface area contributed by atoms with Gasteiger partial charge in [0.1, 0.15) is 5.82 Å². The molecule has 1 aliphatic rings. The van der Waals surface area contributed by atoms with Gasteiger partial charge in [-0.15, -0.1) is 0 Å². The summed E-state index contributed by atoms with van der Waals surface area (Å²) in [5.41, 5.74) is 0.884. The van der Waals surface area contributed by atoms with E-state index in [0.29, 0.717) is 6.04 Å². The molecule has 0 aliphatic carbocycles. The van der Waals surface area contributed by atoms with Crippen molar-refractivity contribution in [2.45, 2.75) is 39.3 Å². The van der Waals surface area contributed by atoms with Crippen LogP contribution in [0.4, 0.5) is 4.39 Å². The maximum absolute atomic E-state index is 13.5. The molecule has 2 rings (SSSR count). The number of piperidine rings is 1. The molecule has 1 aliphatic heterocycles. The molecule has 1 N–H and O–H groups in total. The summed E-state index contributed by atoms with van der Waals surface area (Å²) < 4.78 is 13.5. The van der Waals surface area contributed by atoms with Crippen LogP contribution in [0.25, 0.3) is 0 Å². The van der Waals surface area contributed by atoms with E-state index in [1.165, 1.54) is 18.9 Å². The Morgan fingerprint density at radius 1 is 1.35 bits per heavy atom. The van der Waals surface area contributed by atoms with E-state index < -0.39 is 0 Å². The first kappa shape index (κ1) is 15.7. The monoisotopic (exact) mass is 298 g/mol. The quantitative estimate of drug-likeness (QED) is 0.892. The summed E-state index contributed by atoms with van der Waals surface area (Å²) in [6.45, 7) is 8.38. The average molecular weight is 299 g/mol. The molecule has 0 unspecified atom stereocenters. The van der Waals surface area contributed by atoms with Crippen LogP contribution in [0.5, 0.6) is 0 Å². The fraction of sp³-hybridized carbons (Fsp3) is 0.625. The van der Waals surface area contributed by atoms with Gasteiger partial charge in [-0.2, -0.15) is 0 Å². The molecule has 0 atom stereocenters. The van der Waals surface area contributed by atoms with Crippen LogP contribution in [0.3, 0.4) is 0 Å². The number of benzene rings is 1. The molecule has 20 heavy (non-hydrogen) atoms. The summed E-state index contributed by atoms with van der Waals surface area (Å²) in [5, 5.41) is 3.66. The van der Waals surface area contributed by atoms with E-state index in [4.69, 9.17) is 11.6 Å². The highest BCUT2D eigenvalue weighted by atomic mass is 35.5. The largest absolute Gasteiger partial charge is 0.317 e. The van der Waals surface area contributed by atoms with Crippen molar-refractivity contribution in [3.05, 3.63) is 34.6 Å². The molecule has 1 saturated heterocycles. The third-order valence-corrected chi connectivity index (χ3v) is 4.51. The van der Waals surface area contributed by atoms with Gasteiger partial charge < -0.3 is 5.32 Å². The maximum Gasteiger partial charge on any atom is 0.142 e. The number of halogens is 2. The number of hydrogen-bond donors (Lipinski definition) is 1. The van der Waals surface area contributed by atoms with Crippen LogP contribution >= 0.6 is 11.6 Å². The lowest BCUT2D eigenvalue weighted by atomic mass is 9.96. The van der Waals surface area contributed by atoms with Gasteiger partial charge in [0, 0.05) is 19.1 Å². The minimum absolute atomic E-state index is 0.267. The standard InChI is InChI=1S/C16H24ClFN2/c1-12(2)20(10-13-6-8-19-9-7-13)11-14-4-3-5-15(18)16(14)17/h3-5,12-13,19H,6-11H2,1-2H3. The van der Waals surface area contributed by atoms with Gasteiger partial charge in [-0.1, -0.05) is 23.7 Å². The SMILES string of the molecule is CC(C)N(Cc1cccc(F)c1Cl)CC1CCNCC1. The van der Waals surface area contributed by atoms with Gasteiger partial charge >= 0.3 is 0 Å². The highest BCUT2D eigenvalue weighted by molar-refractivity contribution is 6.31. The second-order valence-electron chi connectivity index (χ2n) is 5.93. The number of nitrogens with zero attached hydrogens (tertiary/aromatic N) is 1. The lowest BCUT2D eigenvalue weighted by Gasteiger charge is -2.33. The first-order valence-electron chi connectivity index (χ1n) is 7.45. The summed E-state index contributed by atoms with van der Waals surface area (Å²) in [6.07, 6.45) is 2.44. The Labute approximate surface area is 126 Å². The fourth-order valence-electron chi connectivity index (χ4n) is 2.74. The van der Waals surface area contributed by atoms with Crippen molar-refractivity contribution in [2.75, 3.05) is 19.6 Å². The average Bonchev–Trinajstić information content (AvgIpc) is 2.44. The molecule has 0 spiro atoms. The third kappa shape index (κ3) is 4.18. The molecule has 1 heterocycles. The van der Waals surface area contributed by atoms with Crippen LogP contribution in [-0.4, -0.2) is 30.6 Å². The van der Waals surface area contributed by atoms with E-state index in [1.807, 2.05) is 6.07 Å². The summed E-state index contributed by atoms with van der Waals surface area (Å²) in [7, 11) is 0. The zero-order chi connectivity index (χ0) is 14.5. The van der Waals surface area contributed by atoms with Crippen molar-refractivity contribution < 1.29 is 4.39 Å². The van der Waals surface area contributed by atoms with E-state index >= 15 is 0 Å². The zero-order valence-electron chi connectivity index (χ0n) is 12.3. The Kier molecular flexibility index (Phi) is 5.82. The highest BCUT2D eigenvalue weighted by Gasteiger charge is 2.20. The highest BCUT2D eigenvalue weighted by Crippen LogP contribution is 2.23. The molecule has 0 radical (unpaired) electrons. The summed E-state index contributed by atoms with van der Waals surface area (Å²) in [5.74, 6) is 0.403. The predicted molar refractivity (Wildman–Crippen MR) is 82.5 cm³/mol. The van der Waals surface area contributed by atoms with Crippen molar-refractivity contribution in [1.29, 1.82) is 0 Å². The van der Waals surface area contributed by atoms with Crippen molar-refractivity contribution in [3.63, 3.8) is 0 Å². The lowest BCUT2D eigenvalue weighted by molar-refractivity contribution is 0.161. The zero-order valence-corrected chi connectivity index (χ0v) is 13.1. The van der Waals surface area contributed by atoms with E-state index in [2.05, 4.69) is 24.1 Å². The van der Waals surface area contributed by atoms with Crippen molar-refractivity contribution in [2.24, 2.45) is 5.92 Å². The third-order valence-electron chi connectivity index (χ3n) is 4.09. The van der Waals surface area contributed by atoms with Crippen LogP contribution < -0.4 is 5.32 Å². The molecule has 4 heteroatoms. The Balaban J connectivity index is 2.03. The Hall–Kier alpha value is -0.640. The minimum atomic E-state index is -0.324. The molecule has 1 aromatic carbocycles. The van der Waals surface area contributed by atoms with Gasteiger partial charge in [0.25, 0.3) is 0 Å². The summed E-state index contributed by atoms with van der Waals surface area (Å²) in [6, 6.07) is 5.51. The molecule has 0 amide bonds. The second-order valence-corrected chi connectivity index (χ2v) is 6.31. The molecule has 112 valence electrons. The maximum atomic E-state index is 13.5. The molecule has 2 nitrogen and oxygen atoms in total. The van der Waals surface area contributed by atoms with Crippen LogP contribution in [0.2, 0.25) is 5.02 Å². The lowest BCUT2D eigenvalue weighted by Crippen LogP contribution is -2.39. The molecule has 0 aromatic heterocycles. The van der Waals surface area contributed by atoms with Gasteiger partial charge in [0.15, 0.2) is 0 Å². The molecular weight excluding hydrogens is 275 g/mol. The summed E-state index contributed by atoms with van der Waals surface area (Å²) in [4.78, 5) is 2.40. The number of nitrogens with one attached hydrogen (secondary N) is 1. The minimum Gasteiger partial charge on any atom is -0.317 e. The van der Waals surface area contributed by atoms with Gasteiger partial charge in [0.2, 0.25) is 0 Å². The first-order valence-corrected chi connectivity index (χ1v) is 7.83. The number of rotatable bonds is 5. The topological polar surface area (TPSA) is 15.3 Å². The Morgan fingerprint density at radius 2 is 2.05 bits per heavy atom. The molecule has 0 saturated carbocycles. The molecule has 1 aromatic rings. The molecule has 1 fully saturated rings. The van der Waals surface area contributed by atoms with Gasteiger partial charge in [-0.05, 0) is 57.3 Å². The van der Waals surface area contributed by atoms with Gasteiger partial charge in [0.05, 0.1) is 5.02 Å².